The first-order valence-corrected chi connectivity index (χ1v) is 5.52. The first kappa shape index (κ1) is 11.0. The van der Waals surface area contributed by atoms with Crippen LogP contribution in [0.1, 0.15) is 21.5 Å². The molecule has 0 amide bonds. The number of hydrogen-bond acceptors (Lipinski definition) is 2. The maximum absolute atomic E-state index is 12.1. The van der Waals surface area contributed by atoms with Crippen LogP contribution in [0.25, 0.3) is 0 Å². The minimum Gasteiger partial charge on any atom is -0.289 e. The predicted octanol–water partition coefficient (Wildman–Crippen LogP) is 3.51. The van der Waals surface area contributed by atoms with Crippen molar-refractivity contribution in [3.8, 4) is 0 Å². The zero-order chi connectivity index (χ0) is 11.5. The summed E-state index contributed by atoms with van der Waals surface area (Å²) in [5.41, 5.74) is 2.47. The summed E-state index contributed by atoms with van der Waals surface area (Å²) in [5, 5.41) is 0. The second-order valence-electron chi connectivity index (χ2n) is 3.70. The fourth-order valence-electron chi connectivity index (χ4n) is 1.51. The molecule has 0 saturated carbocycles. The van der Waals surface area contributed by atoms with Gasteiger partial charge in [0.1, 0.15) is 0 Å². The van der Waals surface area contributed by atoms with Crippen LogP contribution >= 0.6 is 12.6 Å². The zero-order valence-electron chi connectivity index (χ0n) is 8.97. The third-order valence-corrected chi connectivity index (χ3v) is 2.99. The van der Waals surface area contributed by atoms with Crippen molar-refractivity contribution >= 4 is 18.4 Å². The average Bonchev–Trinajstić information content (AvgIpc) is 2.33. The molecule has 2 rings (SSSR count). The van der Waals surface area contributed by atoms with Crippen molar-refractivity contribution in [2.24, 2.45) is 0 Å². The van der Waals surface area contributed by atoms with Crippen LogP contribution in [0, 0.1) is 6.92 Å². The van der Waals surface area contributed by atoms with E-state index in [1.54, 1.807) is 0 Å². The molecule has 16 heavy (non-hydrogen) atoms. The number of aryl methyl sites for hydroxylation is 1. The van der Waals surface area contributed by atoms with Gasteiger partial charge in [0, 0.05) is 16.0 Å². The van der Waals surface area contributed by atoms with Crippen LogP contribution < -0.4 is 0 Å². The van der Waals surface area contributed by atoms with Gasteiger partial charge in [0.25, 0.3) is 0 Å². The first-order chi connectivity index (χ1) is 7.68. The highest BCUT2D eigenvalue weighted by atomic mass is 32.1. The molecule has 2 heteroatoms. The Morgan fingerprint density at radius 2 is 1.69 bits per heavy atom. The molecular weight excluding hydrogens is 216 g/mol. The molecule has 0 spiro atoms. The van der Waals surface area contributed by atoms with E-state index in [0.717, 1.165) is 10.5 Å². The molecule has 0 saturated heterocycles. The normalized spacial score (nSPS) is 10.1. The van der Waals surface area contributed by atoms with Crippen molar-refractivity contribution in [1.29, 1.82) is 0 Å². The molecule has 0 N–H and O–H groups in total. The van der Waals surface area contributed by atoms with E-state index in [1.165, 1.54) is 0 Å². The van der Waals surface area contributed by atoms with Crippen molar-refractivity contribution < 1.29 is 4.79 Å². The lowest BCUT2D eigenvalue weighted by Crippen LogP contribution is -2.01. The molecule has 2 aromatic rings. The van der Waals surface area contributed by atoms with E-state index >= 15 is 0 Å². The SMILES string of the molecule is Cc1ccc(C(=O)c2ccccc2)cc1S. The van der Waals surface area contributed by atoms with E-state index in [0.29, 0.717) is 11.1 Å². The molecule has 0 aromatic heterocycles. The summed E-state index contributed by atoms with van der Waals surface area (Å²) in [6.45, 7) is 1.97. The summed E-state index contributed by atoms with van der Waals surface area (Å²) in [5.74, 6) is 0.0379. The van der Waals surface area contributed by atoms with Crippen LogP contribution in [0.4, 0.5) is 0 Å². The van der Waals surface area contributed by atoms with E-state index in [1.807, 2.05) is 55.5 Å². The number of benzene rings is 2. The Hall–Kier alpha value is -1.54. The maximum Gasteiger partial charge on any atom is 0.193 e. The number of carbonyl (C=O) groups excluding carboxylic acids is 1. The van der Waals surface area contributed by atoms with Crippen LogP contribution in [-0.4, -0.2) is 5.78 Å². The molecule has 0 unspecified atom stereocenters. The smallest absolute Gasteiger partial charge is 0.193 e. The van der Waals surface area contributed by atoms with Crippen molar-refractivity contribution in [2.45, 2.75) is 11.8 Å². The Bertz CT molecular complexity index is 518. The van der Waals surface area contributed by atoms with Gasteiger partial charge in [-0.3, -0.25) is 4.79 Å². The molecular formula is C14H12OS. The highest BCUT2D eigenvalue weighted by Gasteiger charge is 2.08. The van der Waals surface area contributed by atoms with Gasteiger partial charge >= 0.3 is 0 Å². The summed E-state index contributed by atoms with van der Waals surface area (Å²) in [6, 6.07) is 14.8. The van der Waals surface area contributed by atoms with Crippen LogP contribution in [0.15, 0.2) is 53.4 Å². The predicted molar refractivity (Wildman–Crippen MR) is 68.3 cm³/mol. The molecule has 0 heterocycles. The van der Waals surface area contributed by atoms with Crippen LogP contribution in [0.2, 0.25) is 0 Å². The monoisotopic (exact) mass is 228 g/mol. The van der Waals surface area contributed by atoms with E-state index in [4.69, 9.17) is 0 Å². The lowest BCUT2D eigenvalue weighted by molar-refractivity contribution is 0.103. The van der Waals surface area contributed by atoms with Gasteiger partial charge in [0.05, 0.1) is 0 Å². The van der Waals surface area contributed by atoms with Crippen molar-refractivity contribution in [3.63, 3.8) is 0 Å². The summed E-state index contributed by atoms with van der Waals surface area (Å²) in [6.07, 6.45) is 0. The molecule has 0 aliphatic heterocycles. The summed E-state index contributed by atoms with van der Waals surface area (Å²) in [7, 11) is 0. The molecule has 2 aromatic carbocycles. The van der Waals surface area contributed by atoms with Crippen LogP contribution in [-0.2, 0) is 0 Å². The number of rotatable bonds is 2. The second kappa shape index (κ2) is 4.54. The quantitative estimate of drug-likeness (QED) is 0.615. The van der Waals surface area contributed by atoms with E-state index in [9.17, 15) is 4.79 Å². The fraction of sp³-hybridized carbons (Fsp3) is 0.0714. The third-order valence-electron chi connectivity index (χ3n) is 2.51. The fourth-order valence-corrected chi connectivity index (χ4v) is 1.72. The molecule has 1 nitrogen and oxygen atoms in total. The van der Waals surface area contributed by atoms with Gasteiger partial charge in [0.2, 0.25) is 0 Å². The van der Waals surface area contributed by atoms with Gasteiger partial charge in [-0.05, 0) is 18.6 Å². The zero-order valence-corrected chi connectivity index (χ0v) is 9.87. The number of thiol groups is 1. The lowest BCUT2D eigenvalue weighted by Gasteiger charge is -2.04. The van der Waals surface area contributed by atoms with Crippen LogP contribution in [0.3, 0.4) is 0 Å². The molecule has 0 bridgehead atoms. The molecule has 80 valence electrons. The van der Waals surface area contributed by atoms with E-state index in [-0.39, 0.29) is 5.78 Å². The Kier molecular flexibility index (Phi) is 3.11. The summed E-state index contributed by atoms with van der Waals surface area (Å²) >= 11 is 4.32. The van der Waals surface area contributed by atoms with Gasteiger partial charge < -0.3 is 0 Å². The first-order valence-electron chi connectivity index (χ1n) is 5.08. The Labute approximate surface area is 101 Å². The number of ketones is 1. The highest BCUT2D eigenvalue weighted by Crippen LogP contribution is 2.17. The van der Waals surface area contributed by atoms with Crippen molar-refractivity contribution in [1.82, 2.24) is 0 Å². The third kappa shape index (κ3) is 2.17. The Morgan fingerprint density at radius 1 is 1.00 bits per heavy atom. The Morgan fingerprint density at radius 3 is 2.31 bits per heavy atom. The van der Waals surface area contributed by atoms with Gasteiger partial charge in [-0.2, -0.15) is 0 Å². The molecule has 0 aliphatic rings. The van der Waals surface area contributed by atoms with E-state index < -0.39 is 0 Å². The largest absolute Gasteiger partial charge is 0.289 e. The van der Waals surface area contributed by atoms with Gasteiger partial charge in [0.15, 0.2) is 5.78 Å². The highest BCUT2D eigenvalue weighted by molar-refractivity contribution is 7.80. The van der Waals surface area contributed by atoms with Gasteiger partial charge in [-0.15, -0.1) is 12.6 Å². The standard InChI is InChI=1S/C14H12OS/c1-10-7-8-12(9-13(10)16)14(15)11-5-3-2-4-6-11/h2-9,16H,1H3. The van der Waals surface area contributed by atoms with Crippen LogP contribution in [0.5, 0.6) is 0 Å². The van der Waals surface area contributed by atoms with Crippen molar-refractivity contribution in [2.75, 3.05) is 0 Å². The summed E-state index contributed by atoms with van der Waals surface area (Å²) < 4.78 is 0. The minimum absolute atomic E-state index is 0.0379. The molecule has 0 radical (unpaired) electrons. The number of hydrogen-bond donors (Lipinski definition) is 1. The second-order valence-corrected chi connectivity index (χ2v) is 4.18. The van der Waals surface area contributed by atoms with E-state index in [2.05, 4.69) is 12.6 Å². The number of carbonyl (C=O) groups is 1. The maximum atomic E-state index is 12.1. The van der Waals surface area contributed by atoms with Gasteiger partial charge in [-0.25, -0.2) is 0 Å². The average molecular weight is 228 g/mol. The molecule has 0 atom stereocenters. The summed E-state index contributed by atoms with van der Waals surface area (Å²) in [4.78, 5) is 12.9. The lowest BCUT2D eigenvalue weighted by atomic mass is 10.0. The van der Waals surface area contributed by atoms with Gasteiger partial charge in [-0.1, -0.05) is 42.5 Å². The topological polar surface area (TPSA) is 17.1 Å². The molecule has 0 fully saturated rings. The minimum atomic E-state index is 0.0379. The molecule has 0 aliphatic carbocycles. The Balaban J connectivity index is 2.39. The van der Waals surface area contributed by atoms with Crippen molar-refractivity contribution in [3.05, 3.63) is 65.2 Å².